The van der Waals surface area contributed by atoms with Gasteiger partial charge in [0.05, 0.1) is 5.69 Å². The molecule has 0 aliphatic carbocycles. The molecule has 0 N–H and O–H groups in total. The maximum absolute atomic E-state index is 11.0. The van der Waals surface area contributed by atoms with Gasteiger partial charge in [0.15, 0.2) is 5.76 Å². The average Bonchev–Trinajstić information content (AvgIpc) is 2.77. The van der Waals surface area contributed by atoms with Gasteiger partial charge >= 0.3 is 0 Å². The summed E-state index contributed by atoms with van der Waals surface area (Å²) in [6.07, 6.45) is 0.405. The Morgan fingerprint density at radius 1 is 1.41 bits per heavy atom. The van der Waals surface area contributed by atoms with E-state index in [1.807, 2.05) is 25.1 Å². The van der Waals surface area contributed by atoms with Crippen LogP contribution in [0.5, 0.6) is 0 Å². The van der Waals surface area contributed by atoms with Crippen molar-refractivity contribution in [2.45, 2.75) is 13.0 Å². The standard InChI is InChI=1S/C13H13NO3/c1-9-7-12(17-14-9)13(16-2)11-6-4-3-5-10(11)8-15/h3-8,13H,1-2H3. The number of aromatic nitrogens is 1. The molecule has 0 saturated heterocycles. The lowest BCUT2D eigenvalue weighted by atomic mass is 10.0. The molecule has 17 heavy (non-hydrogen) atoms. The molecular weight excluding hydrogens is 218 g/mol. The van der Waals surface area contributed by atoms with E-state index in [2.05, 4.69) is 5.16 Å². The minimum absolute atomic E-state index is 0.405. The zero-order chi connectivity index (χ0) is 12.3. The highest BCUT2D eigenvalue weighted by atomic mass is 16.5. The molecule has 0 bridgehead atoms. The first kappa shape index (κ1) is 11.5. The summed E-state index contributed by atoms with van der Waals surface area (Å²) in [6, 6.07) is 9.06. The van der Waals surface area contributed by atoms with Crippen molar-refractivity contribution in [1.29, 1.82) is 0 Å². The molecule has 4 heteroatoms. The third kappa shape index (κ3) is 2.26. The van der Waals surface area contributed by atoms with Gasteiger partial charge in [-0.25, -0.2) is 0 Å². The topological polar surface area (TPSA) is 52.3 Å². The number of carbonyl (C=O) groups excluding carboxylic acids is 1. The van der Waals surface area contributed by atoms with Crippen LogP contribution in [0.1, 0.15) is 33.5 Å². The molecule has 4 nitrogen and oxygen atoms in total. The van der Waals surface area contributed by atoms with Gasteiger partial charge < -0.3 is 9.26 Å². The Kier molecular flexibility index (Phi) is 3.35. The number of benzene rings is 1. The maximum Gasteiger partial charge on any atom is 0.170 e. The van der Waals surface area contributed by atoms with Crippen LogP contribution in [0, 0.1) is 6.92 Å². The van der Waals surface area contributed by atoms with Gasteiger partial charge in [-0.1, -0.05) is 29.4 Å². The molecule has 0 spiro atoms. The second kappa shape index (κ2) is 4.93. The van der Waals surface area contributed by atoms with Crippen LogP contribution in [-0.2, 0) is 4.74 Å². The summed E-state index contributed by atoms with van der Waals surface area (Å²) in [7, 11) is 1.57. The third-order valence-electron chi connectivity index (χ3n) is 2.55. The van der Waals surface area contributed by atoms with Crippen LogP contribution in [0.3, 0.4) is 0 Å². The van der Waals surface area contributed by atoms with Crippen molar-refractivity contribution in [1.82, 2.24) is 5.16 Å². The molecule has 2 rings (SSSR count). The second-order valence-electron chi connectivity index (χ2n) is 3.73. The molecular formula is C13H13NO3. The molecule has 1 heterocycles. The van der Waals surface area contributed by atoms with Crippen LogP contribution in [0.4, 0.5) is 0 Å². The molecule has 0 amide bonds. The van der Waals surface area contributed by atoms with E-state index in [4.69, 9.17) is 9.26 Å². The lowest BCUT2D eigenvalue weighted by Gasteiger charge is -2.13. The van der Waals surface area contributed by atoms with E-state index in [1.54, 1.807) is 19.2 Å². The number of rotatable bonds is 4. The SMILES string of the molecule is COC(c1cc(C)no1)c1ccccc1C=O. The van der Waals surface area contributed by atoms with Crippen LogP contribution in [0.2, 0.25) is 0 Å². The fourth-order valence-electron chi connectivity index (χ4n) is 1.76. The molecule has 1 unspecified atom stereocenters. The van der Waals surface area contributed by atoms with Gasteiger partial charge in [0.2, 0.25) is 0 Å². The van der Waals surface area contributed by atoms with Crippen molar-refractivity contribution >= 4 is 6.29 Å². The first-order chi connectivity index (χ1) is 8.26. The zero-order valence-electron chi connectivity index (χ0n) is 9.71. The largest absolute Gasteiger partial charge is 0.369 e. The van der Waals surface area contributed by atoms with Crippen molar-refractivity contribution < 1.29 is 14.1 Å². The minimum Gasteiger partial charge on any atom is -0.369 e. The fourth-order valence-corrected chi connectivity index (χ4v) is 1.76. The zero-order valence-corrected chi connectivity index (χ0v) is 9.71. The number of hydrogen-bond acceptors (Lipinski definition) is 4. The predicted molar refractivity (Wildman–Crippen MR) is 61.9 cm³/mol. The van der Waals surface area contributed by atoms with Crippen LogP contribution in [0.15, 0.2) is 34.9 Å². The van der Waals surface area contributed by atoms with Crippen molar-refractivity contribution in [2.75, 3.05) is 7.11 Å². The Hall–Kier alpha value is -1.94. The van der Waals surface area contributed by atoms with Gasteiger partial charge in [-0.05, 0) is 12.5 Å². The van der Waals surface area contributed by atoms with Crippen molar-refractivity contribution in [2.24, 2.45) is 0 Å². The first-order valence-corrected chi connectivity index (χ1v) is 5.26. The van der Waals surface area contributed by atoms with E-state index in [1.165, 1.54) is 0 Å². The van der Waals surface area contributed by atoms with E-state index < -0.39 is 6.10 Å². The number of hydrogen-bond donors (Lipinski definition) is 0. The first-order valence-electron chi connectivity index (χ1n) is 5.26. The summed E-state index contributed by atoms with van der Waals surface area (Å²) < 4.78 is 10.6. The van der Waals surface area contributed by atoms with E-state index in [-0.39, 0.29) is 0 Å². The van der Waals surface area contributed by atoms with E-state index >= 15 is 0 Å². The second-order valence-corrected chi connectivity index (χ2v) is 3.73. The van der Waals surface area contributed by atoms with E-state index in [9.17, 15) is 4.79 Å². The summed E-state index contributed by atoms with van der Waals surface area (Å²) in [6.45, 7) is 1.84. The van der Waals surface area contributed by atoms with E-state index in [0.717, 1.165) is 17.5 Å². The third-order valence-corrected chi connectivity index (χ3v) is 2.55. The van der Waals surface area contributed by atoms with Gasteiger partial charge in [-0.2, -0.15) is 0 Å². The Balaban J connectivity index is 2.45. The molecule has 0 aliphatic rings. The highest BCUT2D eigenvalue weighted by molar-refractivity contribution is 5.77. The van der Waals surface area contributed by atoms with Gasteiger partial charge in [0.1, 0.15) is 12.4 Å². The lowest BCUT2D eigenvalue weighted by molar-refractivity contribution is 0.104. The number of carbonyl (C=O) groups is 1. The van der Waals surface area contributed by atoms with Gasteiger partial charge in [-0.3, -0.25) is 4.79 Å². The van der Waals surface area contributed by atoms with Crippen LogP contribution in [-0.4, -0.2) is 18.6 Å². The summed E-state index contributed by atoms with van der Waals surface area (Å²) >= 11 is 0. The number of ether oxygens (including phenoxy) is 1. The van der Waals surface area contributed by atoms with E-state index in [0.29, 0.717) is 11.3 Å². The molecule has 0 fully saturated rings. The summed E-state index contributed by atoms with van der Waals surface area (Å²) in [5, 5.41) is 3.82. The Labute approximate surface area is 99.2 Å². The molecule has 1 aromatic carbocycles. The molecule has 0 aliphatic heterocycles. The van der Waals surface area contributed by atoms with Crippen LogP contribution >= 0.6 is 0 Å². The fraction of sp³-hybridized carbons (Fsp3) is 0.231. The number of methoxy groups -OCH3 is 1. The Morgan fingerprint density at radius 3 is 2.76 bits per heavy atom. The highest BCUT2D eigenvalue weighted by Gasteiger charge is 2.20. The number of aldehydes is 1. The number of aryl methyl sites for hydroxylation is 1. The number of nitrogens with zero attached hydrogens (tertiary/aromatic N) is 1. The summed E-state index contributed by atoms with van der Waals surface area (Å²) in [4.78, 5) is 11.0. The average molecular weight is 231 g/mol. The van der Waals surface area contributed by atoms with Crippen LogP contribution in [0.25, 0.3) is 0 Å². The molecule has 0 radical (unpaired) electrons. The van der Waals surface area contributed by atoms with Gasteiger partial charge in [-0.15, -0.1) is 0 Å². The highest BCUT2D eigenvalue weighted by Crippen LogP contribution is 2.27. The van der Waals surface area contributed by atoms with Gasteiger partial charge in [0.25, 0.3) is 0 Å². The monoisotopic (exact) mass is 231 g/mol. The Bertz CT molecular complexity index is 519. The molecule has 88 valence electrons. The van der Waals surface area contributed by atoms with Crippen molar-refractivity contribution in [3.05, 3.63) is 52.9 Å². The molecule has 0 saturated carbocycles. The molecule has 2 aromatic rings. The minimum atomic E-state index is -0.405. The smallest absolute Gasteiger partial charge is 0.170 e. The quantitative estimate of drug-likeness (QED) is 0.759. The van der Waals surface area contributed by atoms with Crippen molar-refractivity contribution in [3.8, 4) is 0 Å². The normalized spacial score (nSPS) is 12.4. The lowest BCUT2D eigenvalue weighted by Crippen LogP contribution is -2.05. The van der Waals surface area contributed by atoms with Gasteiger partial charge in [0, 0.05) is 18.7 Å². The summed E-state index contributed by atoms with van der Waals surface area (Å²) in [5.41, 5.74) is 2.15. The molecule has 1 aromatic heterocycles. The Morgan fingerprint density at radius 2 is 2.18 bits per heavy atom. The van der Waals surface area contributed by atoms with Crippen LogP contribution < -0.4 is 0 Å². The summed E-state index contributed by atoms with van der Waals surface area (Å²) in [5.74, 6) is 0.597. The maximum atomic E-state index is 11.0. The predicted octanol–water partition coefficient (Wildman–Crippen LogP) is 2.53. The van der Waals surface area contributed by atoms with Crippen molar-refractivity contribution in [3.63, 3.8) is 0 Å². The molecule has 1 atom stereocenters.